The number of allylic oxidation sites excluding steroid dienone is 5. The molecule has 2 aliphatic rings. The number of nitrogens with one attached hydrogen (secondary N) is 1. The molecule has 0 aromatic rings. The zero-order valence-electron chi connectivity index (χ0n) is 36.0. The minimum atomic E-state index is -1.79. The molecule has 0 aromatic heterocycles. The number of amides is 1. The Morgan fingerprint density at radius 3 is 1.71 bits per heavy atom. The lowest BCUT2D eigenvalue weighted by molar-refractivity contribution is -0.359. The topological polar surface area (TPSA) is 228 Å². The summed E-state index contributed by atoms with van der Waals surface area (Å²) in [5.41, 5.74) is 0. The predicted octanol–water partition coefficient (Wildman–Crippen LogP) is 4.37. The molecule has 14 nitrogen and oxygen atoms in total. The Morgan fingerprint density at radius 2 is 1.12 bits per heavy atom. The number of hydrogen-bond acceptors (Lipinski definition) is 13. The van der Waals surface area contributed by atoms with Gasteiger partial charge in [-0.15, -0.1) is 0 Å². The second kappa shape index (κ2) is 32.9. The summed E-state index contributed by atoms with van der Waals surface area (Å²) in [6.07, 6.45) is 17.9. The first-order valence-electron chi connectivity index (χ1n) is 22.7. The molecule has 12 unspecified atom stereocenters. The summed E-state index contributed by atoms with van der Waals surface area (Å²) in [4.78, 5) is 13.1. The number of unbranched alkanes of at least 4 members (excludes halogenated alkanes) is 16. The van der Waals surface area contributed by atoms with E-state index < -0.39 is 86.8 Å². The largest absolute Gasteiger partial charge is 0.394 e. The van der Waals surface area contributed by atoms with Crippen LogP contribution in [0.1, 0.15) is 149 Å². The minimum Gasteiger partial charge on any atom is -0.394 e. The van der Waals surface area contributed by atoms with Crippen LogP contribution in [0.4, 0.5) is 0 Å². The highest BCUT2D eigenvalue weighted by Crippen LogP contribution is 2.30. The molecule has 2 rings (SSSR count). The molecule has 12 atom stereocenters. The van der Waals surface area contributed by atoms with E-state index in [0.717, 1.165) is 70.6 Å². The maximum atomic E-state index is 13.1. The van der Waals surface area contributed by atoms with Crippen molar-refractivity contribution in [1.29, 1.82) is 0 Å². The first-order chi connectivity index (χ1) is 28.6. The average Bonchev–Trinajstić information content (AvgIpc) is 3.23. The molecule has 2 saturated heterocycles. The van der Waals surface area contributed by atoms with Crippen molar-refractivity contribution in [2.45, 2.75) is 222 Å². The van der Waals surface area contributed by atoms with Crippen molar-refractivity contribution in [1.82, 2.24) is 5.32 Å². The number of carbonyl (C=O) groups excluding carboxylic acids is 1. The Kier molecular flexibility index (Phi) is 29.7. The maximum absolute atomic E-state index is 13.1. The number of carbonyl (C=O) groups is 1. The van der Waals surface area contributed by atoms with E-state index >= 15 is 0 Å². The van der Waals surface area contributed by atoms with Gasteiger partial charge in [0, 0.05) is 6.42 Å². The van der Waals surface area contributed by atoms with Gasteiger partial charge < -0.3 is 65.1 Å². The molecule has 344 valence electrons. The van der Waals surface area contributed by atoms with Gasteiger partial charge in [-0.05, 0) is 51.4 Å². The Morgan fingerprint density at radius 1 is 0.610 bits per heavy atom. The Balaban J connectivity index is 1.83. The number of hydrogen-bond donors (Lipinski definition) is 9. The molecule has 0 radical (unpaired) electrons. The standard InChI is InChI=1S/C45H81NO13/c1-3-5-7-9-11-12-13-14-15-16-17-18-19-20-21-23-25-27-29-37(50)46-33(34(49)28-26-24-22-10-8-6-4-2)32-56-44-42(55)40(53)43(36(31-48)58-44)59-45-41(54)39(52)38(51)35(30-47)57-45/h12-13,15-16,26,28,33-36,38-45,47-49,51-55H,3-11,14,17-25,27,29-32H2,1-2H3,(H,46,50)/b13-12-,16-15-,28-26+. The first kappa shape index (κ1) is 53.3. The van der Waals surface area contributed by atoms with E-state index in [1.165, 1.54) is 51.4 Å². The van der Waals surface area contributed by atoms with Gasteiger partial charge in [-0.1, -0.05) is 127 Å². The van der Waals surface area contributed by atoms with Crippen LogP contribution in [-0.4, -0.2) is 140 Å². The van der Waals surface area contributed by atoms with Gasteiger partial charge in [0.1, 0.15) is 48.8 Å². The molecule has 2 heterocycles. The van der Waals surface area contributed by atoms with Crippen LogP contribution in [0.15, 0.2) is 36.5 Å². The van der Waals surface area contributed by atoms with Gasteiger partial charge in [0.2, 0.25) is 5.91 Å². The van der Waals surface area contributed by atoms with Crippen LogP contribution in [-0.2, 0) is 23.7 Å². The number of rotatable bonds is 33. The van der Waals surface area contributed by atoms with Crippen LogP contribution >= 0.6 is 0 Å². The highest BCUT2D eigenvalue weighted by atomic mass is 16.7. The third kappa shape index (κ3) is 21.2. The third-order valence-electron chi connectivity index (χ3n) is 11.1. The summed E-state index contributed by atoms with van der Waals surface area (Å²) in [6.45, 7) is 2.67. The summed E-state index contributed by atoms with van der Waals surface area (Å²) in [5.74, 6) is -0.255. The molecule has 9 N–H and O–H groups in total. The molecule has 0 bridgehead atoms. The van der Waals surface area contributed by atoms with Crippen molar-refractivity contribution in [3.63, 3.8) is 0 Å². The van der Waals surface area contributed by atoms with Crippen molar-refractivity contribution in [2.75, 3.05) is 19.8 Å². The van der Waals surface area contributed by atoms with Crippen molar-refractivity contribution in [3.05, 3.63) is 36.5 Å². The minimum absolute atomic E-state index is 0.255. The Bertz CT molecular complexity index is 1140. The lowest BCUT2D eigenvalue weighted by Gasteiger charge is -2.46. The molecular formula is C45H81NO13. The van der Waals surface area contributed by atoms with E-state index in [1.807, 2.05) is 6.08 Å². The lowest BCUT2D eigenvalue weighted by Crippen LogP contribution is -2.65. The zero-order chi connectivity index (χ0) is 43.3. The van der Waals surface area contributed by atoms with Gasteiger partial charge in [-0.3, -0.25) is 4.79 Å². The molecule has 0 aromatic carbocycles. The van der Waals surface area contributed by atoms with Gasteiger partial charge in [-0.25, -0.2) is 0 Å². The molecule has 0 saturated carbocycles. The summed E-state index contributed by atoms with van der Waals surface area (Å²) in [5, 5.41) is 86.2. The monoisotopic (exact) mass is 844 g/mol. The molecular weight excluding hydrogens is 762 g/mol. The Hall–Kier alpha value is -1.79. The quantitative estimate of drug-likeness (QED) is 0.0331. The fourth-order valence-corrected chi connectivity index (χ4v) is 7.26. The molecule has 2 fully saturated rings. The SMILES string of the molecule is CCCCCC/C=C\C/C=C\CCCCCCCCCC(=O)NC(COC1OC(CO)C(OC2OC(CO)C(O)C(O)C2O)C(O)C1O)C(O)/C=C/CCCCCCC. The van der Waals surface area contributed by atoms with E-state index in [0.29, 0.717) is 6.42 Å². The van der Waals surface area contributed by atoms with Gasteiger partial charge in [0.05, 0.1) is 32.0 Å². The van der Waals surface area contributed by atoms with E-state index in [4.69, 9.17) is 18.9 Å². The van der Waals surface area contributed by atoms with Crippen LogP contribution in [0.2, 0.25) is 0 Å². The van der Waals surface area contributed by atoms with Gasteiger partial charge in [0.25, 0.3) is 0 Å². The summed E-state index contributed by atoms with van der Waals surface area (Å²) < 4.78 is 22.5. The maximum Gasteiger partial charge on any atom is 0.220 e. The average molecular weight is 844 g/mol. The van der Waals surface area contributed by atoms with Gasteiger partial charge >= 0.3 is 0 Å². The summed E-state index contributed by atoms with van der Waals surface area (Å²) >= 11 is 0. The highest BCUT2D eigenvalue weighted by Gasteiger charge is 2.50. The fourth-order valence-electron chi connectivity index (χ4n) is 7.26. The van der Waals surface area contributed by atoms with Crippen molar-refractivity contribution in [3.8, 4) is 0 Å². The number of ether oxygens (including phenoxy) is 4. The zero-order valence-corrected chi connectivity index (χ0v) is 36.0. The van der Waals surface area contributed by atoms with Crippen molar-refractivity contribution >= 4 is 5.91 Å². The van der Waals surface area contributed by atoms with Crippen LogP contribution in [0.25, 0.3) is 0 Å². The second-order valence-corrected chi connectivity index (χ2v) is 16.2. The smallest absolute Gasteiger partial charge is 0.220 e. The first-order valence-corrected chi connectivity index (χ1v) is 22.7. The molecule has 59 heavy (non-hydrogen) atoms. The van der Waals surface area contributed by atoms with E-state index in [-0.39, 0.29) is 18.9 Å². The second-order valence-electron chi connectivity index (χ2n) is 16.2. The van der Waals surface area contributed by atoms with Gasteiger partial charge in [-0.2, -0.15) is 0 Å². The number of aliphatic hydroxyl groups is 8. The molecule has 0 spiro atoms. The third-order valence-corrected chi connectivity index (χ3v) is 11.1. The fraction of sp³-hybridized carbons (Fsp3) is 0.844. The van der Waals surface area contributed by atoms with Crippen molar-refractivity contribution < 1.29 is 64.6 Å². The molecule has 0 aliphatic carbocycles. The number of aliphatic hydroxyl groups excluding tert-OH is 8. The molecule has 1 amide bonds. The normalized spacial score (nSPS) is 28.8. The summed E-state index contributed by atoms with van der Waals surface area (Å²) in [7, 11) is 0. The predicted molar refractivity (Wildman–Crippen MR) is 226 cm³/mol. The van der Waals surface area contributed by atoms with Crippen LogP contribution in [0, 0.1) is 0 Å². The van der Waals surface area contributed by atoms with Crippen LogP contribution in [0.3, 0.4) is 0 Å². The van der Waals surface area contributed by atoms with Gasteiger partial charge in [0.15, 0.2) is 12.6 Å². The van der Waals surface area contributed by atoms with Crippen LogP contribution < -0.4 is 5.32 Å². The van der Waals surface area contributed by atoms with Crippen LogP contribution in [0.5, 0.6) is 0 Å². The molecule has 14 heteroatoms. The lowest BCUT2D eigenvalue weighted by atomic mass is 9.97. The highest BCUT2D eigenvalue weighted by molar-refractivity contribution is 5.76. The van der Waals surface area contributed by atoms with E-state index in [2.05, 4.69) is 43.5 Å². The van der Waals surface area contributed by atoms with Crippen molar-refractivity contribution in [2.24, 2.45) is 0 Å². The van der Waals surface area contributed by atoms with E-state index in [9.17, 15) is 45.6 Å². The summed E-state index contributed by atoms with van der Waals surface area (Å²) in [6, 6.07) is -0.914. The molecule has 2 aliphatic heterocycles. The Labute approximate surface area is 353 Å². The van der Waals surface area contributed by atoms with E-state index in [1.54, 1.807) is 6.08 Å².